The van der Waals surface area contributed by atoms with Crippen LogP contribution in [0.25, 0.3) is 0 Å². The van der Waals surface area contributed by atoms with Crippen LogP contribution in [0.1, 0.15) is 22.5 Å². The number of hydrogen-bond donors (Lipinski definition) is 0. The van der Waals surface area contributed by atoms with Crippen molar-refractivity contribution in [2.75, 3.05) is 26.7 Å². The number of likely N-dealkylation sites (N-methyl/N-ethyl adjacent to an activating group) is 1. The first-order valence-electron chi connectivity index (χ1n) is 5.86. The molecule has 0 spiro atoms. The van der Waals surface area contributed by atoms with Crippen LogP contribution >= 0.6 is 27.3 Å². The van der Waals surface area contributed by atoms with Gasteiger partial charge in [-0.15, -0.1) is 11.3 Å². The highest BCUT2D eigenvalue weighted by Gasteiger charge is 2.23. The highest BCUT2D eigenvalue weighted by Crippen LogP contribution is 2.23. The molecule has 0 bridgehead atoms. The Balaban J connectivity index is 1.95. The van der Waals surface area contributed by atoms with Gasteiger partial charge in [0, 0.05) is 24.6 Å². The van der Waals surface area contributed by atoms with Crippen LogP contribution in [0.3, 0.4) is 0 Å². The first-order chi connectivity index (χ1) is 8.59. The fraction of sp³-hybridized carbons (Fsp3) is 0.500. The fourth-order valence-corrected chi connectivity index (χ4v) is 3.50. The average molecular weight is 331 g/mol. The molecular formula is C12H15BrN2O2S. The van der Waals surface area contributed by atoms with E-state index in [-0.39, 0.29) is 18.4 Å². The molecule has 0 radical (unpaired) electrons. The summed E-state index contributed by atoms with van der Waals surface area (Å²) in [5, 5.41) is 1.85. The lowest BCUT2D eigenvalue weighted by Gasteiger charge is -2.21. The van der Waals surface area contributed by atoms with Gasteiger partial charge in [0.15, 0.2) is 0 Å². The molecule has 1 saturated heterocycles. The first-order valence-corrected chi connectivity index (χ1v) is 7.53. The van der Waals surface area contributed by atoms with Gasteiger partial charge in [-0.1, -0.05) is 0 Å². The van der Waals surface area contributed by atoms with E-state index in [1.807, 2.05) is 16.3 Å². The van der Waals surface area contributed by atoms with Gasteiger partial charge in [-0.2, -0.15) is 0 Å². The Morgan fingerprint density at radius 2 is 2.11 bits per heavy atom. The lowest BCUT2D eigenvalue weighted by Crippen LogP contribution is -2.39. The zero-order valence-corrected chi connectivity index (χ0v) is 12.6. The van der Waals surface area contributed by atoms with Gasteiger partial charge in [0.2, 0.25) is 5.91 Å². The smallest absolute Gasteiger partial charge is 0.265 e. The van der Waals surface area contributed by atoms with Gasteiger partial charge in [0.25, 0.3) is 5.91 Å². The minimum atomic E-state index is -0.107. The molecule has 2 amide bonds. The van der Waals surface area contributed by atoms with Gasteiger partial charge < -0.3 is 9.80 Å². The molecular weight excluding hydrogens is 316 g/mol. The Labute approximate surface area is 119 Å². The van der Waals surface area contributed by atoms with E-state index in [1.54, 1.807) is 7.05 Å². The molecule has 6 heteroatoms. The van der Waals surface area contributed by atoms with Gasteiger partial charge in [0.05, 0.1) is 6.54 Å². The number of carbonyl (C=O) groups is 2. The number of amides is 2. The second kappa shape index (κ2) is 5.84. The van der Waals surface area contributed by atoms with Crippen LogP contribution in [0.15, 0.2) is 15.9 Å². The van der Waals surface area contributed by atoms with Crippen molar-refractivity contribution >= 4 is 39.1 Å². The second-order valence-corrected chi connectivity index (χ2v) is 6.12. The molecule has 1 aromatic heterocycles. The Hall–Kier alpha value is -0.880. The minimum Gasteiger partial charge on any atom is -0.341 e. The highest BCUT2D eigenvalue weighted by molar-refractivity contribution is 9.10. The molecule has 1 aliphatic rings. The van der Waals surface area contributed by atoms with Crippen LogP contribution in [0, 0.1) is 0 Å². The molecule has 0 N–H and O–H groups in total. The van der Waals surface area contributed by atoms with E-state index in [9.17, 15) is 9.59 Å². The fourth-order valence-electron chi connectivity index (χ4n) is 1.96. The molecule has 0 unspecified atom stereocenters. The van der Waals surface area contributed by atoms with E-state index in [0.717, 1.165) is 30.4 Å². The Bertz CT molecular complexity index is 455. The third-order valence-electron chi connectivity index (χ3n) is 2.99. The molecule has 4 nitrogen and oxygen atoms in total. The normalized spacial score (nSPS) is 14.9. The summed E-state index contributed by atoms with van der Waals surface area (Å²) in [5.74, 6) is -0.0690. The Morgan fingerprint density at radius 3 is 2.67 bits per heavy atom. The molecule has 1 aromatic rings. The number of carbonyl (C=O) groups excluding carboxylic acids is 2. The van der Waals surface area contributed by atoms with E-state index < -0.39 is 0 Å². The summed E-state index contributed by atoms with van der Waals surface area (Å²) >= 11 is 4.72. The predicted molar refractivity (Wildman–Crippen MR) is 74.8 cm³/mol. The van der Waals surface area contributed by atoms with Crippen LogP contribution in [0.4, 0.5) is 0 Å². The highest BCUT2D eigenvalue weighted by atomic mass is 79.9. The lowest BCUT2D eigenvalue weighted by atomic mass is 10.4. The number of hydrogen-bond acceptors (Lipinski definition) is 3. The van der Waals surface area contributed by atoms with E-state index in [2.05, 4.69) is 15.9 Å². The summed E-state index contributed by atoms with van der Waals surface area (Å²) in [7, 11) is 1.67. The summed E-state index contributed by atoms with van der Waals surface area (Å²) in [4.78, 5) is 28.0. The molecule has 1 fully saturated rings. The summed E-state index contributed by atoms with van der Waals surface area (Å²) in [5.41, 5.74) is 0. The summed E-state index contributed by atoms with van der Waals surface area (Å²) in [6, 6.07) is 1.84. The van der Waals surface area contributed by atoms with Crippen LogP contribution in [0.5, 0.6) is 0 Å². The minimum absolute atomic E-state index is 0.0380. The third-order valence-corrected chi connectivity index (χ3v) is 4.82. The topological polar surface area (TPSA) is 40.6 Å². The van der Waals surface area contributed by atoms with E-state index in [4.69, 9.17) is 0 Å². The van der Waals surface area contributed by atoms with Crippen LogP contribution in [-0.4, -0.2) is 48.3 Å². The summed E-state index contributed by atoms with van der Waals surface area (Å²) in [6.45, 7) is 1.80. The molecule has 2 heterocycles. The second-order valence-electron chi connectivity index (χ2n) is 4.35. The summed E-state index contributed by atoms with van der Waals surface area (Å²) in [6.07, 6.45) is 2.14. The molecule has 98 valence electrons. The van der Waals surface area contributed by atoms with E-state index in [0.29, 0.717) is 4.88 Å². The van der Waals surface area contributed by atoms with Crippen molar-refractivity contribution in [2.24, 2.45) is 0 Å². The van der Waals surface area contributed by atoms with Crippen molar-refractivity contribution in [3.8, 4) is 0 Å². The zero-order chi connectivity index (χ0) is 13.1. The maximum absolute atomic E-state index is 12.1. The number of thiophene rings is 1. The molecule has 0 atom stereocenters. The van der Waals surface area contributed by atoms with E-state index >= 15 is 0 Å². The molecule has 18 heavy (non-hydrogen) atoms. The van der Waals surface area contributed by atoms with E-state index in [1.165, 1.54) is 16.2 Å². The summed E-state index contributed by atoms with van der Waals surface area (Å²) < 4.78 is 0.790. The SMILES string of the molecule is CN(CC(=O)N1CCCC1)C(=O)c1sccc1Br. The van der Waals surface area contributed by atoms with Crippen molar-refractivity contribution < 1.29 is 9.59 Å². The number of rotatable bonds is 3. The maximum atomic E-state index is 12.1. The van der Waals surface area contributed by atoms with Crippen LogP contribution < -0.4 is 0 Å². The van der Waals surface area contributed by atoms with Gasteiger partial charge in [0.1, 0.15) is 4.88 Å². The standard InChI is InChI=1S/C12H15BrN2O2S/c1-14(8-10(16)15-5-2-3-6-15)12(17)11-9(13)4-7-18-11/h4,7H,2-3,5-6,8H2,1H3. The number of nitrogens with zero attached hydrogens (tertiary/aromatic N) is 2. The van der Waals surface area contributed by atoms with Crippen molar-refractivity contribution in [3.05, 3.63) is 20.8 Å². The Morgan fingerprint density at radius 1 is 1.44 bits per heavy atom. The molecule has 0 aromatic carbocycles. The molecule has 0 saturated carbocycles. The predicted octanol–water partition coefficient (Wildman–Crippen LogP) is 2.21. The van der Waals surface area contributed by atoms with Gasteiger partial charge in [-0.3, -0.25) is 9.59 Å². The molecule has 2 rings (SSSR count). The molecule has 1 aliphatic heterocycles. The van der Waals surface area contributed by atoms with Crippen molar-refractivity contribution in [3.63, 3.8) is 0 Å². The van der Waals surface area contributed by atoms with Crippen molar-refractivity contribution in [2.45, 2.75) is 12.8 Å². The average Bonchev–Trinajstić information content (AvgIpc) is 2.98. The maximum Gasteiger partial charge on any atom is 0.265 e. The third kappa shape index (κ3) is 2.92. The monoisotopic (exact) mass is 330 g/mol. The van der Waals surface area contributed by atoms with Crippen molar-refractivity contribution in [1.82, 2.24) is 9.80 Å². The van der Waals surface area contributed by atoms with Crippen LogP contribution in [-0.2, 0) is 4.79 Å². The van der Waals surface area contributed by atoms with Gasteiger partial charge in [-0.05, 0) is 40.2 Å². The quantitative estimate of drug-likeness (QED) is 0.852. The number of likely N-dealkylation sites (tertiary alicyclic amines) is 1. The largest absolute Gasteiger partial charge is 0.341 e. The first kappa shape index (κ1) is 13.5. The molecule has 0 aliphatic carbocycles. The van der Waals surface area contributed by atoms with Crippen molar-refractivity contribution in [1.29, 1.82) is 0 Å². The Kier molecular flexibility index (Phi) is 4.40. The van der Waals surface area contributed by atoms with Gasteiger partial charge in [-0.25, -0.2) is 0 Å². The lowest BCUT2D eigenvalue weighted by molar-refractivity contribution is -0.130. The van der Waals surface area contributed by atoms with Gasteiger partial charge >= 0.3 is 0 Å². The zero-order valence-electron chi connectivity index (χ0n) is 10.2. The number of halogens is 1. The van der Waals surface area contributed by atoms with Crippen LogP contribution in [0.2, 0.25) is 0 Å².